The summed E-state index contributed by atoms with van der Waals surface area (Å²) in [7, 11) is 1.91. The molecule has 2 aromatic rings. The molecule has 84 valence electrons. The minimum absolute atomic E-state index is 0.979. The smallest absolute Gasteiger partial charge is 0.115 e. The normalized spacial score (nSPS) is 10.4. The van der Waals surface area contributed by atoms with Gasteiger partial charge in [-0.1, -0.05) is 12.1 Å². The maximum atomic E-state index is 4.32. The average molecular weight is 233 g/mol. The highest BCUT2D eigenvalue weighted by Crippen LogP contribution is 2.29. The molecule has 0 atom stereocenters. The topological polar surface area (TPSA) is 40.7 Å². The molecule has 0 saturated heterocycles. The summed E-state index contributed by atoms with van der Waals surface area (Å²) in [6, 6.07) is 8.43. The van der Waals surface area contributed by atoms with Gasteiger partial charge >= 0.3 is 0 Å². The van der Waals surface area contributed by atoms with Gasteiger partial charge in [0.1, 0.15) is 5.69 Å². The Labute approximate surface area is 99.7 Å². The highest BCUT2D eigenvalue weighted by atomic mass is 32.2. The number of benzene rings is 1. The second-order valence-corrected chi connectivity index (χ2v) is 4.43. The summed E-state index contributed by atoms with van der Waals surface area (Å²) >= 11 is 1.74. The number of anilines is 1. The van der Waals surface area contributed by atoms with Gasteiger partial charge in [0.25, 0.3) is 0 Å². The quantitative estimate of drug-likeness (QED) is 0.800. The van der Waals surface area contributed by atoms with Crippen LogP contribution in [0.25, 0.3) is 11.3 Å². The van der Waals surface area contributed by atoms with Crippen molar-refractivity contribution in [3.63, 3.8) is 0 Å². The zero-order valence-electron chi connectivity index (χ0n) is 9.66. The molecule has 0 spiro atoms. The Bertz CT molecular complexity index is 474. The number of hydrogen-bond acceptors (Lipinski definition) is 3. The van der Waals surface area contributed by atoms with Crippen molar-refractivity contribution >= 4 is 17.4 Å². The fourth-order valence-corrected chi connectivity index (χ4v) is 2.10. The first kappa shape index (κ1) is 11.1. The second kappa shape index (κ2) is 4.61. The van der Waals surface area contributed by atoms with Crippen LogP contribution in [0.2, 0.25) is 0 Å². The van der Waals surface area contributed by atoms with Gasteiger partial charge in [-0.05, 0) is 25.3 Å². The van der Waals surface area contributed by atoms with E-state index in [1.54, 1.807) is 11.8 Å². The lowest BCUT2D eigenvalue weighted by Crippen LogP contribution is -1.91. The fraction of sp³-hybridized carbons (Fsp3) is 0.250. The van der Waals surface area contributed by atoms with Crippen LogP contribution in [0, 0.1) is 6.92 Å². The minimum atomic E-state index is 0.979. The number of nitrogens with one attached hydrogen (secondary N) is 2. The highest BCUT2D eigenvalue weighted by molar-refractivity contribution is 7.98. The van der Waals surface area contributed by atoms with E-state index in [4.69, 9.17) is 0 Å². The predicted octanol–water partition coefficient (Wildman–Crippen LogP) is 3.15. The van der Waals surface area contributed by atoms with Crippen LogP contribution in [-0.4, -0.2) is 23.5 Å². The molecule has 0 fully saturated rings. The van der Waals surface area contributed by atoms with Gasteiger partial charge in [-0.15, -0.1) is 11.8 Å². The zero-order valence-corrected chi connectivity index (χ0v) is 10.5. The molecule has 16 heavy (non-hydrogen) atoms. The summed E-state index contributed by atoms with van der Waals surface area (Å²) < 4.78 is 0. The van der Waals surface area contributed by atoms with Gasteiger partial charge in [0.15, 0.2) is 0 Å². The average Bonchev–Trinajstić information content (AvgIpc) is 2.70. The van der Waals surface area contributed by atoms with E-state index in [1.165, 1.54) is 4.90 Å². The van der Waals surface area contributed by atoms with Crippen molar-refractivity contribution in [3.8, 4) is 11.3 Å². The van der Waals surface area contributed by atoms with Crippen molar-refractivity contribution in [1.29, 1.82) is 0 Å². The number of aromatic nitrogens is 2. The van der Waals surface area contributed by atoms with Crippen molar-refractivity contribution in [3.05, 3.63) is 30.0 Å². The molecule has 4 heteroatoms. The number of thioether (sulfide) groups is 1. The van der Waals surface area contributed by atoms with Gasteiger partial charge < -0.3 is 5.32 Å². The number of rotatable bonds is 3. The SMILES string of the molecule is CNc1c(-c2ccc(SC)cc2)n[nH]c1C. The Morgan fingerprint density at radius 2 is 1.94 bits per heavy atom. The first-order valence-electron chi connectivity index (χ1n) is 5.13. The lowest BCUT2D eigenvalue weighted by molar-refractivity contribution is 1.05. The molecule has 1 aromatic carbocycles. The highest BCUT2D eigenvalue weighted by Gasteiger charge is 2.10. The summed E-state index contributed by atoms with van der Waals surface area (Å²) in [6.45, 7) is 2.01. The van der Waals surface area contributed by atoms with Crippen LogP contribution in [0.4, 0.5) is 5.69 Å². The summed E-state index contributed by atoms with van der Waals surface area (Å²) in [6.07, 6.45) is 2.08. The van der Waals surface area contributed by atoms with E-state index in [2.05, 4.69) is 46.0 Å². The first-order chi connectivity index (χ1) is 7.76. The maximum absolute atomic E-state index is 4.32. The van der Waals surface area contributed by atoms with Crippen LogP contribution in [0.5, 0.6) is 0 Å². The monoisotopic (exact) mass is 233 g/mol. The third-order valence-corrected chi connectivity index (χ3v) is 3.30. The first-order valence-corrected chi connectivity index (χ1v) is 6.36. The van der Waals surface area contributed by atoms with Crippen LogP contribution >= 0.6 is 11.8 Å². The summed E-state index contributed by atoms with van der Waals surface area (Å²) in [4.78, 5) is 1.27. The number of aromatic amines is 1. The van der Waals surface area contributed by atoms with E-state index in [-0.39, 0.29) is 0 Å². The lowest BCUT2D eigenvalue weighted by atomic mass is 10.1. The van der Waals surface area contributed by atoms with Gasteiger partial charge in [0.05, 0.1) is 11.4 Å². The zero-order chi connectivity index (χ0) is 11.5. The van der Waals surface area contributed by atoms with E-state index in [0.29, 0.717) is 0 Å². The molecule has 3 nitrogen and oxygen atoms in total. The number of aryl methyl sites for hydroxylation is 1. The standard InChI is InChI=1S/C12H15N3S/c1-8-11(13-2)12(15-14-8)9-4-6-10(16-3)7-5-9/h4-7,13H,1-3H3,(H,14,15). The third-order valence-electron chi connectivity index (χ3n) is 2.56. The van der Waals surface area contributed by atoms with Crippen LogP contribution in [-0.2, 0) is 0 Å². The van der Waals surface area contributed by atoms with Gasteiger partial charge in [0, 0.05) is 17.5 Å². The lowest BCUT2D eigenvalue weighted by Gasteiger charge is -2.03. The van der Waals surface area contributed by atoms with Crippen molar-refractivity contribution in [2.45, 2.75) is 11.8 Å². The summed E-state index contributed by atoms with van der Waals surface area (Å²) in [5.74, 6) is 0. The summed E-state index contributed by atoms with van der Waals surface area (Å²) in [5, 5.41) is 10.5. The Hall–Kier alpha value is -1.42. The molecule has 0 aliphatic heterocycles. The number of nitrogens with zero attached hydrogens (tertiary/aromatic N) is 1. The van der Waals surface area contributed by atoms with Crippen molar-refractivity contribution in [2.75, 3.05) is 18.6 Å². The van der Waals surface area contributed by atoms with Gasteiger partial charge in [-0.2, -0.15) is 5.10 Å². The predicted molar refractivity (Wildman–Crippen MR) is 70.1 cm³/mol. The van der Waals surface area contributed by atoms with Crippen LogP contribution in [0.15, 0.2) is 29.2 Å². The van der Waals surface area contributed by atoms with E-state index >= 15 is 0 Å². The fourth-order valence-electron chi connectivity index (χ4n) is 1.69. The van der Waals surface area contributed by atoms with Crippen molar-refractivity contribution in [2.24, 2.45) is 0 Å². The molecule has 0 saturated carbocycles. The molecule has 0 amide bonds. The maximum Gasteiger partial charge on any atom is 0.115 e. The number of H-pyrrole nitrogens is 1. The largest absolute Gasteiger partial charge is 0.385 e. The van der Waals surface area contributed by atoms with Crippen LogP contribution in [0.3, 0.4) is 0 Å². The molecule has 2 rings (SSSR count). The molecular formula is C12H15N3S. The molecule has 0 aliphatic carbocycles. The van der Waals surface area contributed by atoms with Crippen LogP contribution in [0.1, 0.15) is 5.69 Å². The van der Waals surface area contributed by atoms with E-state index in [0.717, 1.165) is 22.6 Å². The van der Waals surface area contributed by atoms with Gasteiger partial charge in [0.2, 0.25) is 0 Å². The Balaban J connectivity index is 2.42. The molecular weight excluding hydrogens is 218 g/mol. The molecule has 0 aliphatic rings. The minimum Gasteiger partial charge on any atom is -0.385 e. The number of hydrogen-bond donors (Lipinski definition) is 2. The molecule has 0 radical (unpaired) electrons. The van der Waals surface area contributed by atoms with E-state index in [1.807, 2.05) is 14.0 Å². The van der Waals surface area contributed by atoms with Crippen molar-refractivity contribution in [1.82, 2.24) is 10.2 Å². The van der Waals surface area contributed by atoms with Gasteiger partial charge in [-0.3, -0.25) is 5.10 Å². The summed E-state index contributed by atoms with van der Waals surface area (Å²) in [5.41, 5.74) is 4.24. The Kier molecular flexibility index (Phi) is 3.19. The molecule has 1 heterocycles. The molecule has 0 unspecified atom stereocenters. The van der Waals surface area contributed by atoms with Crippen LogP contribution < -0.4 is 5.32 Å². The third kappa shape index (κ3) is 1.93. The Morgan fingerprint density at radius 1 is 1.25 bits per heavy atom. The molecule has 0 bridgehead atoms. The second-order valence-electron chi connectivity index (χ2n) is 3.55. The van der Waals surface area contributed by atoms with E-state index in [9.17, 15) is 0 Å². The molecule has 1 aromatic heterocycles. The van der Waals surface area contributed by atoms with E-state index < -0.39 is 0 Å². The van der Waals surface area contributed by atoms with Crippen molar-refractivity contribution < 1.29 is 0 Å². The van der Waals surface area contributed by atoms with Gasteiger partial charge in [-0.25, -0.2) is 0 Å². The molecule has 2 N–H and O–H groups in total. The Morgan fingerprint density at radius 3 is 2.50 bits per heavy atom.